The Morgan fingerprint density at radius 2 is 1.80 bits per heavy atom. The van der Waals surface area contributed by atoms with Crippen LogP contribution < -0.4 is 0 Å². The normalized spacial score (nSPS) is 21.2. The summed E-state index contributed by atoms with van der Waals surface area (Å²) in [5.74, 6) is -0.347. The van der Waals surface area contributed by atoms with Crippen molar-refractivity contribution in [2.75, 3.05) is 13.2 Å². The number of benzene rings is 2. The fourth-order valence-corrected chi connectivity index (χ4v) is 5.17. The molecule has 4 nitrogen and oxygen atoms in total. The predicted molar refractivity (Wildman–Crippen MR) is 94.5 cm³/mol. The minimum atomic E-state index is -3.80. The summed E-state index contributed by atoms with van der Waals surface area (Å²) in [6.07, 6.45) is -0.467. The van der Waals surface area contributed by atoms with E-state index in [1.54, 1.807) is 30.3 Å². The van der Waals surface area contributed by atoms with Crippen molar-refractivity contribution in [1.82, 2.24) is 4.31 Å². The first-order chi connectivity index (χ1) is 11.7. The van der Waals surface area contributed by atoms with Crippen LogP contribution in [0, 0.1) is 5.82 Å². The lowest BCUT2D eigenvalue weighted by Crippen LogP contribution is -2.56. The van der Waals surface area contributed by atoms with Crippen LogP contribution >= 0.6 is 11.6 Å². The molecule has 0 N–H and O–H groups in total. The second kappa shape index (κ2) is 6.68. The van der Waals surface area contributed by atoms with Crippen molar-refractivity contribution in [3.05, 3.63) is 64.9 Å². The Balaban J connectivity index is 1.97. The first-order valence-corrected chi connectivity index (χ1v) is 9.68. The smallest absolute Gasteiger partial charge is 0.245 e. The van der Waals surface area contributed by atoms with Crippen LogP contribution in [0.4, 0.5) is 4.39 Å². The van der Waals surface area contributed by atoms with Gasteiger partial charge in [0.15, 0.2) is 0 Å². The third-order valence-electron chi connectivity index (χ3n) is 4.29. The van der Waals surface area contributed by atoms with Crippen LogP contribution in [-0.4, -0.2) is 31.4 Å². The number of morpholine rings is 1. The van der Waals surface area contributed by atoms with Gasteiger partial charge in [-0.25, -0.2) is 12.8 Å². The average molecular weight is 384 g/mol. The lowest BCUT2D eigenvalue weighted by molar-refractivity contribution is -0.0655. The third-order valence-corrected chi connectivity index (χ3v) is 6.87. The maximum atomic E-state index is 13.2. The zero-order valence-corrected chi connectivity index (χ0v) is 15.5. The highest BCUT2D eigenvalue weighted by molar-refractivity contribution is 7.89. The van der Waals surface area contributed by atoms with E-state index in [1.807, 2.05) is 13.8 Å². The Morgan fingerprint density at radius 1 is 1.16 bits per heavy atom. The highest BCUT2D eigenvalue weighted by Crippen LogP contribution is 2.36. The van der Waals surface area contributed by atoms with Gasteiger partial charge >= 0.3 is 0 Å². The molecule has 0 aliphatic carbocycles. The molecule has 0 saturated carbocycles. The maximum absolute atomic E-state index is 13.2. The summed E-state index contributed by atoms with van der Waals surface area (Å²) in [4.78, 5) is 0.0736. The summed E-state index contributed by atoms with van der Waals surface area (Å²) in [5, 5.41) is 0.183. The molecule has 2 aromatic carbocycles. The number of ether oxygens (including phenoxy) is 1. The first-order valence-electron chi connectivity index (χ1n) is 7.86. The molecule has 1 saturated heterocycles. The standard InChI is InChI=1S/C18H19ClFNO3S/c1-18(2)12-24-16(13-7-9-14(20)10-8-13)11-21(18)25(22,23)17-6-4-3-5-15(17)19/h3-10,16H,11-12H2,1-2H3. The van der Waals surface area contributed by atoms with Crippen molar-refractivity contribution in [3.63, 3.8) is 0 Å². The van der Waals surface area contributed by atoms with Gasteiger partial charge in [0.25, 0.3) is 0 Å². The molecule has 1 atom stereocenters. The van der Waals surface area contributed by atoms with Crippen molar-refractivity contribution in [3.8, 4) is 0 Å². The Bertz CT molecular complexity index is 868. The zero-order chi connectivity index (χ0) is 18.2. The molecular formula is C18H19ClFNO3S. The van der Waals surface area contributed by atoms with Gasteiger partial charge in [-0.15, -0.1) is 0 Å². The number of nitrogens with zero attached hydrogens (tertiary/aromatic N) is 1. The summed E-state index contributed by atoms with van der Waals surface area (Å²) in [6, 6.07) is 12.3. The number of hydrogen-bond acceptors (Lipinski definition) is 3. The van der Waals surface area contributed by atoms with Crippen LogP contribution in [0.15, 0.2) is 53.4 Å². The van der Waals surface area contributed by atoms with Crippen LogP contribution in [-0.2, 0) is 14.8 Å². The number of sulfonamides is 1. The van der Waals surface area contributed by atoms with Gasteiger partial charge in [0.1, 0.15) is 10.7 Å². The van der Waals surface area contributed by atoms with Gasteiger partial charge in [0.05, 0.1) is 23.3 Å². The topological polar surface area (TPSA) is 46.6 Å². The Hall–Kier alpha value is -1.47. The Labute approximate surface area is 152 Å². The fourth-order valence-electron chi connectivity index (χ4n) is 2.90. The lowest BCUT2D eigenvalue weighted by atomic mass is 10.0. The quantitative estimate of drug-likeness (QED) is 0.804. The van der Waals surface area contributed by atoms with E-state index in [2.05, 4.69) is 0 Å². The highest BCUT2D eigenvalue weighted by atomic mass is 35.5. The summed E-state index contributed by atoms with van der Waals surface area (Å²) in [6.45, 7) is 3.97. The molecule has 0 spiro atoms. The van der Waals surface area contributed by atoms with E-state index in [-0.39, 0.29) is 28.9 Å². The number of hydrogen-bond donors (Lipinski definition) is 0. The second-order valence-corrected chi connectivity index (χ2v) is 8.87. The van der Waals surface area contributed by atoms with Crippen molar-refractivity contribution in [1.29, 1.82) is 0 Å². The van der Waals surface area contributed by atoms with E-state index >= 15 is 0 Å². The largest absolute Gasteiger partial charge is 0.370 e. The number of rotatable bonds is 3. The molecule has 0 radical (unpaired) electrons. The van der Waals surface area contributed by atoms with E-state index < -0.39 is 21.7 Å². The zero-order valence-electron chi connectivity index (χ0n) is 13.9. The van der Waals surface area contributed by atoms with Crippen molar-refractivity contribution in [2.45, 2.75) is 30.4 Å². The van der Waals surface area contributed by atoms with Gasteiger partial charge in [-0.05, 0) is 43.7 Å². The predicted octanol–water partition coefficient (Wildman–Crippen LogP) is 4.02. The minimum Gasteiger partial charge on any atom is -0.370 e. The van der Waals surface area contributed by atoms with Gasteiger partial charge in [-0.2, -0.15) is 4.31 Å². The molecule has 25 heavy (non-hydrogen) atoms. The fraction of sp³-hybridized carbons (Fsp3) is 0.333. The van der Waals surface area contributed by atoms with E-state index in [0.717, 1.165) is 5.56 Å². The number of halogens is 2. The van der Waals surface area contributed by atoms with Gasteiger partial charge in [-0.1, -0.05) is 35.9 Å². The molecule has 1 fully saturated rings. The lowest BCUT2D eigenvalue weighted by Gasteiger charge is -2.44. The maximum Gasteiger partial charge on any atom is 0.245 e. The highest BCUT2D eigenvalue weighted by Gasteiger charge is 2.43. The summed E-state index contributed by atoms with van der Waals surface area (Å²) < 4.78 is 46.8. The van der Waals surface area contributed by atoms with E-state index in [1.165, 1.54) is 22.5 Å². The molecule has 0 aromatic heterocycles. The summed E-state index contributed by atoms with van der Waals surface area (Å²) in [5.41, 5.74) is 0.00500. The molecule has 1 aliphatic rings. The first kappa shape index (κ1) is 18.3. The van der Waals surface area contributed by atoms with E-state index in [4.69, 9.17) is 16.3 Å². The Kier molecular flexibility index (Phi) is 4.90. The molecule has 2 aromatic rings. The Morgan fingerprint density at radius 3 is 2.44 bits per heavy atom. The van der Waals surface area contributed by atoms with Gasteiger partial charge in [0.2, 0.25) is 10.0 Å². The van der Waals surface area contributed by atoms with Crippen LogP contribution in [0.25, 0.3) is 0 Å². The van der Waals surface area contributed by atoms with Crippen LogP contribution in [0.2, 0.25) is 5.02 Å². The molecule has 1 aliphatic heterocycles. The molecule has 1 heterocycles. The van der Waals surface area contributed by atoms with Crippen molar-refractivity contribution >= 4 is 21.6 Å². The monoisotopic (exact) mass is 383 g/mol. The van der Waals surface area contributed by atoms with Gasteiger partial charge in [-0.3, -0.25) is 0 Å². The van der Waals surface area contributed by atoms with Crippen molar-refractivity contribution in [2.24, 2.45) is 0 Å². The molecule has 3 rings (SSSR count). The van der Waals surface area contributed by atoms with Crippen LogP contribution in [0.3, 0.4) is 0 Å². The molecule has 0 bridgehead atoms. The van der Waals surface area contributed by atoms with Gasteiger partial charge < -0.3 is 4.74 Å². The third kappa shape index (κ3) is 3.58. The average Bonchev–Trinajstić information content (AvgIpc) is 2.55. The second-order valence-electron chi connectivity index (χ2n) is 6.63. The molecule has 0 amide bonds. The van der Waals surface area contributed by atoms with Crippen LogP contribution in [0.5, 0.6) is 0 Å². The molecule has 1 unspecified atom stereocenters. The van der Waals surface area contributed by atoms with E-state index in [0.29, 0.717) is 0 Å². The minimum absolute atomic E-state index is 0.0736. The molecular weight excluding hydrogens is 365 g/mol. The summed E-state index contributed by atoms with van der Waals surface area (Å²) in [7, 11) is -3.80. The molecule has 7 heteroatoms. The van der Waals surface area contributed by atoms with Crippen molar-refractivity contribution < 1.29 is 17.5 Å². The summed E-state index contributed by atoms with van der Waals surface area (Å²) >= 11 is 6.11. The molecule has 134 valence electrons. The van der Waals surface area contributed by atoms with E-state index in [9.17, 15) is 12.8 Å². The van der Waals surface area contributed by atoms with Crippen LogP contribution in [0.1, 0.15) is 25.5 Å². The van der Waals surface area contributed by atoms with Gasteiger partial charge in [0, 0.05) is 6.54 Å². The SMILES string of the molecule is CC1(C)COC(c2ccc(F)cc2)CN1S(=O)(=O)c1ccccc1Cl.